The number of halogens is 1. The van der Waals surface area contributed by atoms with E-state index in [1.165, 1.54) is 0 Å². The number of rotatable bonds is 9. The summed E-state index contributed by atoms with van der Waals surface area (Å²) in [6.45, 7) is 6.53. The molecule has 2 aliphatic heterocycles. The van der Waals surface area contributed by atoms with E-state index in [1.54, 1.807) is 23.5 Å². The van der Waals surface area contributed by atoms with Crippen molar-refractivity contribution in [3.05, 3.63) is 0 Å². The summed E-state index contributed by atoms with van der Waals surface area (Å²) in [5, 5.41) is 8.53. The van der Waals surface area contributed by atoms with E-state index in [4.69, 9.17) is 9.47 Å². The second-order valence-electron chi connectivity index (χ2n) is 4.15. The Hall–Kier alpha value is -0.150. The molecule has 0 saturated heterocycles. The molecule has 2 heterocycles. The van der Waals surface area contributed by atoms with Crippen molar-refractivity contribution in [3.63, 3.8) is 0 Å². The zero-order valence-electron chi connectivity index (χ0n) is 12.0. The third-order valence-electron chi connectivity index (χ3n) is 2.59. The monoisotopic (exact) mass is 354 g/mol. The molecule has 6 nitrogen and oxygen atoms in total. The van der Waals surface area contributed by atoms with Gasteiger partial charge in [-0.2, -0.15) is 0 Å². The molecule has 122 valence electrons. The topological polar surface area (TPSA) is 67.2 Å². The van der Waals surface area contributed by atoms with Crippen LogP contribution in [0.25, 0.3) is 0 Å². The van der Waals surface area contributed by atoms with Crippen LogP contribution in [0.1, 0.15) is 0 Å². The van der Waals surface area contributed by atoms with E-state index < -0.39 is 0 Å². The molecule has 0 aromatic heterocycles. The molecule has 0 atom stereocenters. The Balaban J connectivity index is 0.00000220. The molecular formula is C12H23ClN4O2S2. The van der Waals surface area contributed by atoms with Crippen LogP contribution in [-0.2, 0) is 9.47 Å². The number of hydrogen-bond donors (Lipinski definition) is 2. The molecule has 2 rings (SSSR count). The fourth-order valence-corrected chi connectivity index (χ4v) is 3.22. The van der Waals surface area contributed by atoms with E-state index in [-0.39, 0.29) is 12.4 Å². The maximum Gasteiger partial charge on any atom is 0.156 e. The Kier molecular flexibility index (Phi) is 11.2. The van der Waals surface area contributed by atoms with Gasteiger partial charge < -0.3 is 20.1 Å². The summed E-state index contributed by atoms with van der Waals surface area (Å²) >= 11 is 3.44. The maximum absolute atomic E-state index is 5.50. The van der Waals surface area contributed by atoms with Crippen LogP contribution in [0.3, 0.4) is 0 Å². The summed E-state index contributed by atoms with van der Waals surface area (Å²) < 4.78 is 11.0. The van der Waals surface area contributed by atoms with Gasteiger partial charge in [0, 0.05) is 24.6 Å². The molecule has 0 aliphatic carbocycles. The van der Waals surface area contributed by atoms with Gasteiger partial charge in [0.2, 0.25) is 0 Å². The van der Waals surface area contributed by atoms with Crippen molar-refractivity contribution in [1.82, 2.24) is 10.6 Å². The molecule has 0 aromatic rings. The maximum atomic E-state index is 5.50. The Labute approximate surface area is 140 Å². The summed E-state index contributed by atoms with van der Waals surface area (Å²) in [6, 6.07) is 0. The van der Waals surface area contributed by atoms with Crippen LogP contribution in [0.4, 0.5) is 0 Å². The lowest BCUT2D eigenvalue weighted by atomic mass is 10.7. The van der Waals surface area contributed by atoms with Crippen molar-refractivity contribution in [2.24, 2.45) is 9.98 Å². The number of thioether (sulfide) groups is 2. The minimum Gasteiger partial charge on any atom is -0.378 e. The highest BCUT2D eigenvalue weighted by Gasteiger charge is 2.05. The van der Waals surface area contributed by atoms with Crippen molar-refractivity contribution in [2.75, 3.05) is 64.1 Å². The number of amidine groups is 2. The molecule has 0 unspecified atom stereocenters. The van der Waals surface area contributed by atoms with E-state index in [1.807, 2.05) is 0 Å². The van der Waals surface area contributed by atoms with Gasteiger partial charge in [0.25, 0.3) is 0 Å². The summed E-state index contributed by atoms with van der Waals surface area (Å²) in [5.41, 5.74) is 0. The fraction of sp³-hybridized carbons (Fsp3) is 0.833. The van der Waals surface area contributed by atoms with E-state index in [0.717, 1.165) is 61.2 Å². The van der Waals surface area contributed by atoms with Crippen LogP contribution < -0.4 is 10.6 Å². The lowest BCUT2D eigenvalue weighted by Gasteiger charge is -2.06. The smallest absolute Gasteiger partial charge is 0.156 e. The van der Waals surface area contributed by atoms with Gasteiger partial charge in [-0.15, -0.1) is 12.4 Å². The lowest BCUT2D eigenvalue weighted by Crippen LogP contribution is -2.17. The SMILES string of the molecule is C1CNC(SCCOCCOCCSC2=NCCN2)=N1.Cl. The average Bonchev–Trinajstić information content (AvgIpc) is 3.14. The average molecular weight is 355 g/mol. The second kappa shape index (κ2) is 12.4. The van der Waals surface area contributed by atoms with Gasteiger partial charge in [0.05, 0.1) is 39.5 Å². The summed E-state index contributed by atoms with van der Waals surface area (Å²) in [4.78, 5) is 8.61. The van der Waals surface area contributed by atoms with Crippen molar-refractivity contribution < 1.29 is 9.47 Å². The predicted octanol–water partition coefficient (Wildman–Crippen LogP) is 0.826. The van der Waals surface area contributed by atoms with Crippen LogP contribution in [0, 0.1) is 0 Å². The molecule has 0 fully saturated rings. The number of nitrogens with zero attached hydrogens (tertiary/aromatic N) is 2. The molecule has 0 radical (unpaired) electrons. The van der Waals surface area contributed by atoms with Gasteiger partial charge in [0.1, 0.15) is 0 Å². The van der Waals surface area contributed by atoms with Crippen molar-refractivity contribution in [2.45, 2.75) is 0 Å². The van der Waals surface area contributed by atoms with Crippen LogP contribution in [0.5, 0.6) is 0 Å². The number of ether oxygens (including phenoxy) is 2. The molecule has 0 aromatic carbocycles. The summed E-state index contributed by atoms with van der Waals surface area (Å²) in [5.74, 6) is 1.88. The van der Waals surface area contributed by atoms with E-state index in [2.05, 4.69) is 20.6 Å². The predicted molar refractivity (Wildman–Crippen MR) is 94.4 cm³/mol. The van der Waals surface area contributed by atoms with E-state index in [0.29, 0.717) is 13.2 Å². The molecule has 2 N–H and O–H groups in total. The highest BCUT2D eigenvalue weighted by Crippen LogP contribution is 2.05. The minimum atomic E-state index is 0. The Bertz CT molecular complexity index is 313. The zero-order valence-corrected chi connectivity index (χ0v) is 14.5. The Morgan fingerprint density at radius 3 is 1.67 bits per heavy atom. The van der Waals surface area contributed by atoms with Crippen LogP contribution in [0.15, 0.2) is 9.98 Å². The molecule has 0 amide bonds. The van der Waals surface area contributed by atoms with Crippen molar-refractivity contribution in [1.29, 1.82) is 0 Å². The van der Waals surface area contributed by atoms with Crippen LogP contribution in [-0.4, -0.2) is 74.4 Å². The van der Waals surface area contributed by atoms with Gasteiger partial charge in [-0.05, 0) is 0 Å². The van der Waals surface area contributed by atoms with Gasteiger partial charge in [-0.25, -0.2) is 0 Å². The summed E-state index contributed by atoms with van der Waals surface area (Å²) in [6.07, 6.45) is 0. The first kappa shape index (κ1) is 18.9. The first-order chi connectivity index (χ1) is 9.95. The molecule has 0 spiro atoms. The van der Waals surface area contributed by atoms with E-state index >= 15 is 0 Å². The van der Waals surface area contributed by atoms with Crippen LogP contribution >= 0.6 is 35.9 Å². The molecule has 2 aliphatic rings. The molecule has 9 heteroatoms. The number of hydrogen-bond acceptors (Lipinski definition) is 8. The standard InChI is InChI=1S/C12H22N4O2S2.ClH/c1-2-14-11(13-1)19-9-7-17-5-6-18-8-10-20-12-15-3-4-16-12;/h1-10H2,(H,13,14)(H,15,16);1H. The Morgan fingerprint density at radius 2 is 1.29 bits per heavy atom. The fourth-order valence-electron chi connectivity index (χ4n) is 1.66. The number of aliphatic imine (C=N–C) groups is 2. The third-order valence-corrected chi connectivity index (χ3v) is 4.43. The van der Waals surface area contributed by atoms with Gasteiger partial charge >= 0.3 is 0 Å². The lowest BCUT2D eigenvalue weighted by molar-refractivity contribution is 0.0606. The first-order valence-electron chi connectivity index (χ1n) is 6.93. The summed E-state index contributed by atoms with van der Waals surface area (Å²) in [7, 11) is 0. The van der Waals surface area contributed by atoms with Crippen LogP contribution in [0.2, 0.25) is 0 Å². The third kappa shape index (κ3) is 8.77. The molecule has 21 heavy (non-hydrogen) atoms. The van der Waals surface area contributed by atoms with Crippen molar-refractivity contribution >= 4 is 46.3 Å². The van der Waals surface area contributed by atoms with Crippen molar-refractivity contribution in [3.8, 4) is 0 Å². The highest BCUT2D eigenvalue weighted by molar-refractivity contribution is 8.14. The first-order valence-corrected chi connectivity index (χ1v) is 8.90. The quantitative estimate of drug-likeness (QED) is 0.598. The highest BCUT2D eigenvalue weighted by atomic mass is 35.5. The largest absolute Gasteiger partial charge is 0.378 e. The van der Waals surface area contributed by atoms with Gasteiger partial charge in [-0.3, -0.25) is 9.98 Å². The van der Waals surface area contributed by atoms with Gasteiger partial charge in [0.15, 0.2) is 10.3 Å². The molecule has 0 saturated carbocycles. The van der Waals surface area contributed by atoms with E-state index in [9.17, 15) is 0 Å². The molecule has 0 bridgehead atoms. The number of nitrogens with one attached hydrogen (secondary N) is 2. The normalized spacial score (nSPS) is 16.8. The molecular weight excluding hydrogens is 332 g/mol. The van der Waals surface area contributed by atoms with Gasteiger partial charge in [-0.1, -0.05) is 23.5 Å². The Morgan fingerprint density at radius 1 is 0.810 bits per heavy atom. The minimum absolute atomic E-state index is 0. The zero-order chi connectivity index (χ0) is 13.9. The second-order valence-corrected chi connectivity index (χ2v) is 6.32.